The number of carbonyl (C=O) groups excluding carboxylic acids is 3. The molecular weight excluding hydrogens is 472 g/mol. The van der Waals surface area contributed by atoms with Crippen molar-refractivity contribution in [2.75, 3.05) is 26.3 Å². The fourth-order valence-electron chi connectivity index (χ4n) is 6.86. The maximum atomic E-state index is 14.3. The average Bonchev–Trinajstić information content (AvgIpc) is 3.48. The molecule has 2 bridgehead atoms. The van der Waals surface area contributed by atoms with Gasteiger partial charge >= 0.3 is 5.97 Å². The number of aliphatic hydroxyl groups excluding tert-OH is 1. The molecule has 0 aromatic carbocycles. The van der Waals surface area contributed by atoms with Crippen molar-refractivity contribution in [1.29, 1.82) is 0 Å². The Labute approximate surface area is 222 Å². The molecule has 8 heteroatoms. The zero-order valence-electron chi connectivity index (χ0n) is 23.0. The van der Waals surface area contributed by atoms with Crippen molar-refractivity contribution < 1.29 is 29.0 Å². The van der Waals surface area contributed by atoms with Crippen molar-refractivity contribution in [2.24, 2.45) is 11.8 Å². The van der Waals surface area contributed by atoms with Gasteiger partial charge in [0.05, 0.1) is 18.1 Å². The summed E-state index contributed by atoms with van der Waals surface area (Å²) in [5, 5.41) is 9.22. The van der Waals surface area contributed by atoms with Gasteiger partial charge in [-0.25, -0.2) is 0 Å². The fourth-order valence-corrected chi connectivity index (χ4v) is 6.86. The summed E-state index contributed by atoms with van der Waals surface area (Å²) in [6.07, 6.45) is 9.50. The van der Waals surface area contributed by atoms with Crippen LogP contribution in [-0.2, 0) is 23.9 Å². The maximum absolute atomic E-state index is 14.3. The molecule has 0 aromatic heterocycles. The minimum atomic E-state index is -1.05. The van der Waals surface area contributed by atoms with E-state index < -0.39 is 35.0 Å². The number of hydrogen-bond donors (Lipinski definition) is 1. The smallest absolute Gasteiger partial charge is 0.312 e. The first-order chi connectivity index (χ1) is 17.8. The lowest BCUT2D eigenvalue weighted by atomic mass is 9.65. The van der Waals surface area contributed by atoms with Gasteiger partial charge in [0, 0.05) is 25.7 Å². The number of likely N-dealkylation sites (tertiary alicyclic amines) is 1. The summed E-state index contributed by atoms with van der Waals surface area (Å²) < 4.78 is 12.4. The fraction of sp³-hybridized carbons (Fsp3) is 0.759. The number of aliphatic hydroxyl groups is 1. The van der Waals surface area contributed by atoms with Gasteiger partial charge in [0.2, 0.25) is 11.8 Å². The lowest BCUT2D eigenvalue weighted by Gasteiger charge is -2.39. The third-order valence-corrected chi connectivity index (χ3v) is 8.64. The van der Waals surface area contributed by atoms with Gasteiger partial charge in [-0.2, -0.15) is 0 Å². The van der Waals surface area contributed by atoms with E-state index in [1.54, 1.807) is 17.1 Å². The molecule has 3 rings (SSSR count). The Bertz CT molecular complexity index is 861. The Morgan fingerprint density at radius 3 is 2.62 bits per heavy atom. The largest absolute Gasteiger partial charge is 0.465 e. The molecule has 208 valence electrons. The predicted molar refractivity (Wildman–Crippen MR) is 142 cm³/mol. The highest BCUT2D eigenvalue weighted by molar-refractivity contribution is 5.98. The van der Waals surface area contributed by atoms with Crippen LogP contribution in [-0.4, -0.2) is 82.3 Å². The molecule has 1 N–H and O–H groups in total. The third kappa shape index (κ3) is 5.24. The highest BCUT2D eigenvalue weighted by Gasteiger charge is 2.79. The van der Waals surface area contributed by atoms with Gasteiger partial charge < -0.3 is 24.4 Å². The summed E-state index contributed by atoms with van der Waals surface area (Å²) in [7, 11) is 0. The standard InChI is InChI=1S/C29H46N2O6/c1-6-10-20-36-27(35)23-22-25(33)31(18-12-11-13-19-32)24(29(22)16-15-28(23,9-4)37-29)26(34)30(17-8-3)21(5)14-7-2/h6,8,21-24,32H,1,3,7,9-20H2,2,4-5H3/t21?,22-,23-,24?,28+,29?/m0/s1. The number of unbranched alkanes of at least 4 members (excludes halogenated alkanes) is 2. The topological polar surface area (TPSA) is 96.4 Å². The summed E-state index contributed by atoms with van der Waals surface area (Å²) in [5.74, 6) is -2.21. The van der Waals surface area contributed by atoms with E-state index in [2.05, 4.69) is 20.1 Å². The van der Waals surface area contributed by atoms with Crippen LogP contribution in [0.1, 0.15) is 78.6 Å². The third-order valence-electron chi connectivity index (χ3n) is 8.64. The molecule has 0 radical (unpaired) electrons. The van der Waals surface area contributed by atoms with Crippen molar-refractivity contribution >= 4 is 17.8 Å². The molecule has 0 aliphatic carbocycles. The van der Waals surface area contributed by atoms with Gasteiger partial charge in [0.25, 0.3) is 0 Å². The number of hydrogen-bond acceptors (Lipinski definition) is 6. The second-order valence-electron chi connectivity index (χ2n) is 10.8. The van der Waals surface area contributed by atoms with Crippen LogP contribution in [0.4, 0.5) is 0 Å². The Morgan fingerprint density at radius 2 is 2.00 bits per heavy atom. The first-order valence-corrected chi connectivity index (χ1v) is 14.1. The predicted octanol–water partition coefficient (Wildman–Crippen LogP) is 3.63. The molecule has 2 amide bonds. The minimum Gasteiger partial charge on any atom is -0.465 e. The summed E-state index contributed by atoms with van der Waals surface area (Å²) in [6.45, 7) is 14.7. The van der Waals surface area contributed by atoms with Crippen LogP contribution in [0.25, 0.3) is 0 Å². The molecule has 3 unspecified atom stereocenters. The molecule has 0 aromatic rings. The molecule has 37 heavy (non-hydrogen) atoms. The summed E-state index contributed by atoms with van der Waals surface area (Å²) in [6, 6.07) is -0.812. The SMILES string of the molecule is C=CCCOC(=O)[C@@H]1[C@H]2C(=O)N(CCCCCO)C(C(=O)N(CC=C)C(C)CCC)C23CC[C@@]1(CC)O3. The zero-order valence-corrected chi connectivity index (χ0v) is 23.0. The van der Waals surface area contributed by atoms with Crippen LogP contribution in [0, 0.1) is 11.8 Å². The molecule has 1 spiro atoms. The molecule has 3 heterocycles. The average molecular weight is 519 g/mol. The molecule has 3 fully saturated rings. The van der Waals surface area contributed by atoms with E-state index in [0.29, 0.717) is 51.6 Å². The summed E-state index contributed by atoms with van der Waals surface area (Å²) >= 11 is 0. The lowest BCUT2D eigenvalue weighted by molar-refractivity contribution is -0.162. The van der Waals surface area contributed by atoms with Crippen molar-refractivity contribution in [2.45, 2.75) is 102 Å². The van der Waals surface area contributed by atoms with Crippen LogP contribution < -0.4 is 0 Å². The highest BCUT2D eigenvalue weighted by Crippen LogP contribution is 2.64. The van der Waals surface area contributed by atoms with E-state index in [0.717, 1.165) is 19.3 Å². The Balaban J connectivity index is 2.02. The quantitative estimate of drug-likeness (QED) is 0.190. The molecule has 3 aliphatic rings. The van der Waals surface area contributed by atoms with E-state index in [1.807, 2.05) is 18.7 Å². The van der Waals surface area contributed by atoms with Crippen molar-refractivity contribution in [3.05, 3.63) is 25.3 Å². The molecule has 3 saturated heterocycles. The van der Waals surface area contributed by atoms with E-state index >= 15 is 0 Å². The van der Waals surface area contributed by atoms with E-state index in [-0.39, 0.29) is 31.1 Å². The Hall–Kier alpha value is -2.19. The number of carbonyl (C=O) groups is 3. The van der Waals surface area contributed by atoms with Crippen molar-refractivity contribution in [1.82, 2.24) is 9.80 Å². The van der Waals surface area contributed by atoms with Gasteiger partial charge in [-0.15, -0.1) is 13.2 Å². The molecule has 6 atom stereocenters. The Kier molecular flexibility index (Phi) is 9.98. The van der Waals surface area contributed by atoms with Crippen LogP contribution in [0.5, 0.6) is 0 Å². The maximum Gasteiger partial charge on any atom is 0.312 e. The van der Waals surface area contributed by atoms with Crippen molar-refractivity contribution in [3.8, 4) is 0 Å². The number of esters is 1. The van der Waals surface area contributed by atoms with Gasteiger partial charge in [0.15, 0.2) is 0 Å². The van der Waals surface area contributed by atoms with Gasteiger partial charge in [-0.1, -0.05) is 32.4 Å². The normalized spacial score (nSPS) is 30.8. The van der Waals surface area contributed by atoms with Crippen LogP contribution in [0.15, 0.2) is 25.3 Å². The number of rotatable bonds is 16. The minimum absolute atomic E-state index is 0.0179. The monoisotopic (exact) mass is 518 g/mol. The van der Waals surface area contributed by atoms with Crippen LogP contribution in [0.3, 0.4) is 0 Å². The molecule has 8 nitrogen and oxygen atoms in total. The van der Waals surface area contributed by atoms with Gasteiger partial charge in [0.1, 0.15) is 17.6 Å². The van der Waals surface area contributed by atoms with Gasteiger partial charge in [-0.05, 0) is 58.3 Å². The zero-order chi connectivity index (χ0) is 27.2. The summed E-state index contributed by atoms with van der Waals surface area (Å²) in [5.41, 5.74) is -1.85. The number of ether oxygens (including phenoxy) is 2. The first-order valence-electron chi connectivity index (χ1n) is 14.1. The number of nitrogens with zero attached hydrogens (tertiary/aromatic N) is 2. The number of fused-ring (bicyclic) bond motifs is 1. The molecular formula is C29H46N2O6. The van der Waals surface area contributed by atoms with Crippen LogP contribution in [0.2, 0.25) is 0 Å². The van der Waals surface area contributed by atoms with E-state index in [1.165, 1.54) is 0 Å². The molecule has 0 saturated carbocycles. The van der Waals surface area contributed by atoms with E-state index in [9.17, 15) is 19.5 Å². The van der Waals surface area contributed by atoms with Crippen molar-refractivity contribution in [3.63, 3.8) is 0 Å². The second-order valence-corrected chi connectivity index (χ2v) is 10.8. The highest BCUT2D eigenvalue weighted by atomic mass is 16.6. The van der Waals surface area contributed by atoms with E-state index in [4.69, 9.17) is 9.47 Å². The second kappa shape index (κ2) is 12.6. The van der Waals surface area contributed by atoms with Gasteiger partial charge in [-0.3, -0.25) is 14.4 Å². The summed E-state index contributed by atoms with van der Waals surface area (Å²) in [4.78, 5) is 45.4. The molecule has 3 aliphatic heterocycles. The number of amides is 2. The lowest BCUT2D eigenvalue weighted by Crippen LogP contribution is -2.58. The Morgan fingerprint density at radius 1 is 1.24 bits per heavy atom. The first kappa shape index (κ1) is 29.4. The van der Waals surface area contributed by atoms with Crippen LogP contribution >= 0.6 is 0 Å².